The van der Waals surface area contributed by atoms with Gasteiger partial charge in [0.25, 0.3) is 11.8 Å². The first kappa shape index (κ1) is 17.1. The van der Waals surface area contributed by atoms with Crippen molar-refractivity contribution in [3.63, 3.8) is 0 Å². The molecule has 0 unspecified atom stereocenters. The van der Waals surface area contributed by atoms with Crippen LogP contribution < -0.4 is 5.43 Å². The summed E-state index contributed by atoms with van der Waals surface area (Å²) in [4.78, 5) is 28.7. The third kappa shape index (κ3) is 3.36. The van der Waals surface area contributed by atoms with Gasteiger partial charge in [-0.3, -0.25) is 20.0 Å². The Balaban J connectivity index is 1.88. The van der Waals surface area contributed by atoms with Crippen molar-refractivity contribution < 1.29 is 9.59 Å². The normalized spacial score (nSPS) is 20.3. The van der Waals surface area contributed by atoms with Crippen LogP contribution in [-0.4, -0.2) is 27.1 Å². The predicted molar refractivity (Wildman–Crippen MR) is 94.8 cm³/mol. The fourth-order valence-corrected chi connectivity index (χ4v) is 4.15. The molecular weight excluding hydrogens is 369 g/mol. The number of thioether (sulfide) groups is 1. The SMILES string of the molecule is C[C@H]1S[C@H](c2ccc(Cl)cc2Cl)N(NC(=O)c2ccncc2)C1=O. The summed E-state index contributed by atoms with van der Waals surface area (Å²) in [6.07, 6.45) is 3.04. The summed E-state index contributed by atoms with van der Waals surface area (Å²) in [5, 5.41) is 1.58. The van der Waals surface area contributed by atoms with Crippen molar-refractivity contribution in [3.05, 3.63) is 63.9 Å². The molecular formula is C16H13Cl2N3O2S. The van der Waals surface area contributed by atoms with E-state index in [0.717, 1.165) is 5.56 Å². The van der Waals surface area contributed by atoms with Crippen LogP contribution in [0.3, 0.4) is 0 Å². The number of hydrogen-bond acceptors (Lipinski definition) is 4. The molecule has 1 aliphatic heterocycles. The quantitative estimate of drug-likeness (QED) is 0.880. The number of pyridine rings is 1. The topological polar surface area (TPSA) is 62.3 Å². The number of hydrogen-bond donors (Lipinski definition) is 1. The number of halogens is 2. The van der Waals surface area contributed by atoms with Gasteiger partial charge >= 0.3 is 0 Å². The number of aromatic nitrogens is 1. The molecule has 0 bridgehead atoms. The average Bonchev–Trinajstić information content (AvgIpc) is 2.84. The van der Waals surface area contributed by atoms with Crippen LogP contribution in [0.25, 0.3) is 0 Å². The smallest absolute Gasteiger partial charge is 0.270 e. The third-order valence-electron chi connectivity index (χ3n) is 3.55. The van der Waals surface area contributed by atoms with E-state index in [-0.39, 0.29) is 17.1 Å². The van der Waals surface area contributed by atoms with Gasteiger partial charge in [-0.15, -0.1) is 11.8 Å². The second-order valence-corrected chi connectivity index (χ2v) is 7.45. The number of rotatable bonds is 3. The highest BCUT2D eigenvalue weighted by Crippen LogP contribution is 2.44. The highest BCUT2D eigenvalue weighted by atomic mass is 35.5. The molecule has 1 aromatic carbocycles. The number of carbonyl (C=O) groups excluding carboxylic acids is 2. The number of carbonyl (C=O) groups is 2. The van der Waals surface area contributed by atoms with Gasteiger partial charge in [-0.05, 0) is 31.2 Å². The van der Waals surface area contributed by atoms with Crippen molar-refractivity contribution in [2.75, 3.05) is 0 Å². The molecule has 3 rings (SSSR count). The van der Waals surface area contributed by atoms with Gasteiger partial charge in [0.05, 0.1) is 5.25 Å². The second kappa shape index (κ2) is 7.01. The van der Waals surface area contributed by atoms with E-state index in [1.807, 2.05) is 0 Å². The Bertz CT molecular complexity index is 788. The molecule has 24 heavy (non-hydrogen) atoms. The summed E-state index contributed by atoms with van der Waals surface area (Å²) in [6.45, 7) is 1.79. The first-order valence-electron chi connectivity index (χ1n) is 7.12. The highest BCUT2D eigenvalue weighted by molar-refractivity contribution is 8.01. The molecule has 0 aliphatic carbocycles. The van der Waals surface area contributed by atoms with Gasteiger partial charge in [0.1, 0.15) is 5.37 Å². The number of amides is 2. The van der Waals surface area contributed by atoms with E-state index >= 15 is 0 Å². The molecule has 5 nitrogen and oxygen atoms in total. The van der Waals surface area contributed by atoms with Gasteiger partial charge in [-0.2, -0.15) is 0 Å². The summed E-state index contributed by atoms with van der Waals surface area (Å²) in [7, 11) is 0. The minimum atomic E-state index is -0.414. The Hall–Kier alpha value is -1.76. The Morgan fingerprint density at radius 3 is 2.62 bits per heavy atom. The maximum atomic E-state index is 12.4. The summed E-state index contributed by atoms with van der Waals surface area (Å²) in [5.41, 5.74) is 3.81. The van der Waals surface area contributed by atoms with E-state index in [1.54, 1.807) is 37.3 Å². The molecule has 0 saturated carbocycles. The van der Waals surface area contributed by atoms with E-state index in [9.17, 15) is 9.59 Å². The molecule has 124 valence electrons. The lowest BCUT2D eigenvalue weighted by Crippen LogP contribution is -2.45. The first-order valence-corrected chi connectivity index (χ1v) is 8.81. The lowest BCUT2D eigenvalue weighted by atomic mass is 10.2. The Kier molecular flexibility index (Phi) is 4.99. The zero-order valence-corrected chi connectivity index (χ0v) is 14.9. The first-order chi connectivity index (χ1) is 11.5. The van der Waals surface area contributed by atoms with Crippen LogP contribution in [0.5, 0.6) is 0 Å². The minimum absolute atomic E-state index is 0.182. The van der Waals surface area contributed by atoms with E-state index in [1.165, 1.54) is 29.2 Å². The van der Waals surface area contributed by atoms with Crippen LogP contribution in [-0.2, 0) is 4.79 Å². The molecule has 2 heterocycles. The van der Waals surface area contributed by atoms with Gasteiger partial charge < -0.3 is 0 Å². The maximum Gasteiger partial charge on any atom is 0.270 e. The van der Waals surface area contributed by atoms with Crippen LogP contribution in [0.15, 0.2) is 42.7 Å². The van der Waals surface area contributed by atoms with Gasteiger partial charge in [-0.1, -0.05) is 29.3 Å². The lowest BCUT2D eigenvalue weighted by Gasteiger charge is -2.25. The van der Waals surface area contributed by atoms with Crippen molar-refractivity contribution in [1.29, 1.82) is 0 Å². The summed E-state index contributed by atoms with van der Waals surface area (Å²) < 4.78 is 0. The second-order valence-electron chi connectivity index (χ2n) is 5.18. The zero-order valence-electron chi connectivity index (χ0n) is 12.6. The predicted octanol–water partition coefficient (Wildman–Crippen LogP) is 3.70. The standard InChI is InChI=1S/C16H13Cl2N3O2S/c1-9-15(23)21(20-14(22)10-4-6-19-7-5-10)16(24-9)12-3-2-11(17)8-13(12)18/h2-9,16H,1H3,(H,20,22)/t9-,16-/m1/s1. The molecule has 2 aromatic rings. The fourth-order valence-electron chi connectivity index (χ4n) is 2.33. The summed E-state index contributed by atoms with van der Waals surface area (Å²) >= 11 is 13.6. The van der Waals surface area contributed by atoms with Crippen LogP contribution in [0, 0.1) is 0 Å². The van der Waals surface area contributed by atoms with Crippen LogP contribution in [0.1, 0.15) is 28.2 Å². The minimum Gasteiger partial charge on any atom is -0.272 e. The number of nitrogens with one attached hydrogen (secondary N) is 1. The molecule has 0 radical (unpaired) electrons. The Morgan fingerprint density at radius 1 is 1.25 bits per heavy atom. The molecule has 1 fully saturated rings. The molecule has 1 aliphatic rings. The molecule has 2 amide bonds. The largest absolute Gasteiger partial charge is 0.272 e. The van der Waals surface area contributed by atoms with Gasteiger partial charge in [0, 0.05) is 33.6 Å². The molecule has 8 heteroatoms. The molecule has 0 spiro atoms. The third-order valence-corrected chi connectivity index (χ3v) is 5.44. The van der Waals surface area contributed by atoms with Crippen molar-refractivity contribution in [2.45, 2.75) is 17.5 Å². The van der Waals surface area contributed by atoms with E-state index in [4.69, 9.17) is 23.2 Å². The number of nitrogens with zero attached hydrogens (tertiary/aromatic N) is 2. The molecule has 1 saturated heterocycles. The molecule has 1 N–H and O–H groups in total. The van der Waals surface area contributed by atoms with Crippen molar-refractivity contribution in [2.24, 2.45) is 0 Å². The van der Waals surface area contributed by atoms with Gasteiger partial charge in [0.2, 0.25) is 0 Å². The van der Waals surface area contributed by atoms with Gasteiger partial charge in [0.15, 0.2) is 0 Å². The summed E-state index contributed by atoms with van der Waals surface area (Å²) in [6, 6.07) is 8.25. The van der Waals surface area contributed by atoms with Crippen molar-refractivity contribution in [3.8, 4) is 0 Å². The lowest BCUT2D eigenvalue weighted by molar-refractivity contribution is -0.132. The Morgan fingerprint density at radius 2 is 1.96 bits per heavy atom. The highest BCUT2D eigenvalue weighted by Gasteiger charge is 2.40. The van der Waals surface area contributed by atoms with Crippen LogP contribution in [0.4, 0.5) is 0 Å². The Labute approximate surface area is 153 Å². The monoisotopic (exact) mass is 381 g/mol. The fraction of sp³-hybridized carbons (Fsp3) is 0.188. The van der Waals surface area contributed by atoms with Crippen LogP contribution in [0.2, 0.25) is 10.0 Å². The van der Waals surface area contributed by atoms with E-state index in [0.29, 0.717) is 15.6 Å². The maximum absolute atomic E-state index is 12.4. The average molecular weight is 382 g/mol. The molecule has 2 atom stereocenters. The zero-order chi connectivity index (χ0) is 17.3. The van der Waals surface area contributed by atoms with E-state index in [2.05, 4.69) is 10.4 Å². The van der Waals surface area contributed by atoms with Crippen molar-refractivity contribution in [1.82, 2.24) is 15.4 Å². The number of hydrazine groups is 1. The van der Waals surface area contributed by atoms with E-state index < -0.39 is 5.37 Å². The van der Waals surface area contributed by atoms with Crippen LogP contribution >= 0.6 is 35.0 Å². The van der Waals surface area contributed by atoms with Gasteiger partial charge in [-0.25, -0.2) is 5.01 Å². The molecule has 1 aromatic heterocycles. The van der Waals surface area contributed by atoms with Crippen molar-refractivity contribution >= 4 is 46.8 Å². The summed E-state index contributed by atoms with van der Waals surface area (Å²) in [5.74, 6) is -0.561. The number of benzene rings is 1.